The molecule has 0 spiro atoms. The number of carbonyl (C=O) groups is 1. The smallest absolute Gasteiger partial charge is 0.236 e. The van der Waals surface area contributed by atoms with Gasteiger partial charge >= 0.3 is 0 Å². The minimum absolute atomic E-state index is 0.119. The van der Waals surface area contributed by atoms with Crippen molar-refractivity contribution >= 4 is 34.1 Å². The largest absolute Gasteiger partial charge is 0.301 e. The molecule has 2 aromatic carbocycles. The van der Waals surface area contributed by atoms with Crippen LogP contribution in [-0.2, 0) is 11.2 Å². The lowest BCUT2D eigenvalue weighted by molar-refractivity contribution is -0.113. The molecule has 10 heteroatoms. The Balaban J connectivity index is 1.33. The summed E-state index contributed by atoms with van der Waals surface area (Å²) in [7, 11) is 0. The average Bonchev–Trinajstić information content (AvgIpc) is 3.36. The van der Waals surface area contributed by atoms with E-state index in [1.54, 1.807) is 18.3 Å². The SMILES string of the molecule is Cc1cccc(Cc2cnc(NC(=O)CSc3nnnn3-c3ccc(F)cc3)s2)c1. The molecule has 0 saturated carbocycles. The van der Waals surface area contributed by atoms with Gasteiger partial charge in [-0.1, -0.05) is 41.6 Å². The fourth-order valence-electron chi connectivity index (χ4n) is 2.77. The maximum atomic E-state index is 13.1. The minimum atomic E-state index is -0.342. The van der Waals surface area contributed by atoms with Gasteiger partial charge in [-0.25, -0.2) is 9.37 Å². The molecule has 0 saturated heterocycles. The quantitative estimate of drug-likeness (QED) is 0.439. The third-order valence-corrected chi connectivity index (χ3v) is 5.94. The molecular formula is C20H17FN6OS2. The lowest BCUT2D eigenvalue weighted by Gasteiger charge is -2.04. The van der Waals surface area contributed by atoms with Crippen molar-refractivity contribution in [1.29, 1.82) is 0 Å². The van der Waals surface area contributed by atoms with Crippen LogP contribution in [0.3, 0.4) is 0 Å². The molecule has 152 valence electrons. The van der Waals surface area contributed by atoms with Crippen LogP contribution in [0.15, 0.2) is 59.9 Å². The number of aromatic nitrogens is 5. The van der Waals surface area contributed by atoms with Gasteiger partial charge in [0, 0.05) is 17.5 Å². The number of benzene rings is 2. The van der Waals surface area contributed by atoms with E-state index in [1.165, 1.54) is 51.0 Å². The van der Waals surface area contributed by atoms with E-state index in [4.69, 9.17) is 0 Å². The van der Waals surface area contributed by atoms with Crippen molar-refractivity contribution in [3.8, 4) is 5.69 Å². The number of tetrazole rings is 1. The second-order valence-electron chi connectivity index (χ2n) is 6.48. The average molecular weight is 441 g/mol. The normalized spacial score (nSPS) is 10.9. The molecule has 0 aliphatic carbocycles. The van der Waals surface area contributed by atoms with E-state index in [1.807, 2.05) is 6.07 Å². The first kappa shape index (κ1) is 20.2. The standard InChI is InChI=1S/C20H17FN6OS2/c1-13-3-2-4-14(9-13)10-17-11-22-19(30-17)23-18(28)12-29-20-24-25-26-27(20)16-7-5-15(21)6-8-16/h2-9,11H,10,12H2,1H3,(H,22,23,28). The van der Waals surface area contributed by atoms with Crippen molar-refractivity contribution in [3.63, 3.8) is 0 Å². The van der Waals surface area contributed by atoms with Crippen LogP contribution in [0.2, 0.25) is 0 Å². The van der Waals surface area contributed by atoms with Crippen molar-refractivity contribution in [3.05, 3.63) is 76.5 Å². The van der Waals surface area contributed by atoms with Crippen LogP contribution in [0.1, 0.15) is 16.0 Å². The summed E-state index contributed by atoms with van der Waals surface area (Å²) >= 11 is 2.64. The fraction of sp³-hybridized carbons (Fsp3) is 0.150. The van der Waals surface area contributed by atoms with Crippen LogP contribution < -0.4 is 5.32 Å². The van der Waals surface area contributed by atoms with Gasteiger partial charge in [0.15, 0.2) is 5.13 Å². The summed E-state index contributed by atoms with van der Waals surface area (Å²) < 4.78 is 14.6. The maximum absolute atomic E-state index is 13.1. The van der Waals surface area contributed by atoms with Gasteiger partial charge in [-0.2, -0.15) is 4.68 Å². The van der Waals surface area contributed by atoms with E-state index >= 15 is 0 Å². The second kappa shape index (κ2) is 9.14. The Bertz CT molecular complexity index is 1160. The monoisotopic (exact) mass is 440 g/mol. The van der Waals surface area contributed by atoms with Gasteiger partial charge < -0.3 is 5.32 Å². The zero-order chi connectivity index (χ0) is 20.9. The van der Waals surface area contributed by atoms with Crippen molar-refractivity contribution < 1.29 is 9.18 Å². The predicted octanol–water partition coefficient (Wildman–Crippen LogP) is 3.89. The van der Waals surface area contributed by atoms with Crippen molar-refractivity contribution in [2.75, 3.05) is 11.1 Å². The first-order valence-electron chi connectivity index (χ1n) is 9.04. The first-order valence-corrected chi connectivity index (χ1v) is 10.8. The van der Waals surface area contributed by atoms with E-state index in [9.17, 15) is 9.18 Å². The highest BCUT2D eigenvalue weighted by atomic mass is 32.2. The molecule has 0 atom stereocenters. The van der Waals surface area contributed by atoms with Crippen LogP contribution in [0.5, 0.6) is 0 Å². The summed E-state index contributed by atoms with van der Waals surface area (Å²) in [4.78, 5) is 17.7. The van der Waals surface area contributed by atoms with Crippen LogP contribution in [-0.4, -0.2) is 36.9 Å². The van der Waals surface area contributed by atoms with Crippen LogP contribution in [0.25, 0.3) is 5.69 Å². The molecule has 4 aromatic rings. The van der Waals surface area contributed by atoms with Gasteiger partial charge in [0.1, 0.15) is 5.82 Å². The summed E-state index contributed by atoms with van der Waals surface area (Å²) in [6.07, 6.45) is 2.56. The highest BCUT2D eigenvalue weighted by molar-refractivity contribution is 7.99. The van der Waals surface area contributed by atoms with Gasteiger partial charge in [0.25, 0.3) is 0 Å². The Morgan fingerprint density at radius 1 is 1.23 bits per heavy atom. The minimum Gasteiger partial charge on any atom is -0.301 e. The van der Waals surface area contributed by atoms with E-state index < -0.39 is 0 Å². The molecule has 0 unspecified atom stereocenters. The number of aryl methyl sites for hydroxylation is 1. The summed E-state index contributed by atoms with van der Waals surface area (Å²) in [5.74, 6) is -0.426. The van der Waals surface area contributed by atoms with Gasteiger partial charge in [0.05, 0.1) is 11.4 Å². The Hall–Kier alpha value is -3.11. The zero-order valence-electron chi connectivity index (χ0n) is 15.9. The van der Waals surface area contributed by atoms with Crippen molar-refractivity contribution in [2.24, 2.45) is 0 Å². The second-order valence-corrected chi connectivity index (χ2v) is 8.54. The number of carbonyl (C=O) groups excluding carboxylic acids is 1. The molecule has 2 heterocycles. The number of thiazole rings is 1. The molecule has 0 bridgehead atoms. The highest BCUT2D eigenvalue weighted by Crippen LogP contribution is 2.23. The van der Waals surface area contributed by atoms with E-state index in [0.717, 1.165) is 11.3 Å². The Kier molecular flexibility index (Phi) is 6.15. The maximum Gasteiger partial charge on any atom is 0.236 e. The topological polar surface area (TPSA) is 85.6 Å². The lowest BCUT2D eigenvalue weighted by Crippen LogP contribution is -2.14. The predicted molar refractivity (Wildman–Crippen MR) is 115 cm³/mol. The summed E-state index contributed by atoms with van der Waals surface area (Å²) in [6, 6.07) is 14.1. The first-order chi connectivity index (χ1) is 14.6. The molecule has 30 heavy (non-hydrogen) atoms. The van der Waals surface area contributed by atoms with Gasteiger partial charge in [0.2, 0.25) is 11.1 Å². The molecule has 4 rings (SSSR count). The van der Waals surface area contributed by atoms with E-state index in [-0.39, 0.29) is 17.5 Å². The summed E-state index contributed by atoms with van der Waals surface area (Å²) in [6.45, 7) is 2.06. The Morgan fingerprint density at radius 2 is 2.07 bits per heavy atom. The zero-order valence-corrected chi connectivity index (χ0v) is 17.6. The van der Waals surface area contributed by atoms with Crippen LogP contribution in [0, 0.1) is 12.7 Å². The molecule has 0 aliphatic heterocycles. The summed E-state index contributed by atoms with van der Waals surface area (Å²) in [5, 5.41) is 15.3. The lowest BCUT2D eigenvalue weighted by atomic mass is 10.1. The number of hydrogen-bond donors (Lipinski definition) is 1. The number of anilines is 1. The number of amides is 1. The highest BCUT2D eigenvalue weighted by Gasteiger charge is 2.13. The number of hydrogen-bond acceptors (Lipinski definition) is 7. The number of nitrogens with one attached hydrogen (secondary N) is 1. The number of rotatable bonds is 7. The number of thioether (sulfide) groups is 1. The molecule has 7 nitrogen and oxygen atoms in total. The molecule has 1 amide bonds. The van der Waals surface area contributed by atoms with E-state index in [0.29, 0.717) is 16.0 Å². The molecule has 0 fully saturated rings. The van der Waals surface area contributed by atoms with Crippen molar-refractivity contribution in [1.82, 2.24) is 25.2 Å². The van der Waals surface area contributed by atoms with Gasteiger partial charge in [-0.15, -0.1) is 16.4 Å². The molecule has 1 N–H and O–H groups in total. The van der Waals surface area contributed by atoms with Crippen LogP contribution in [0.4, 0.5) is 9.52 Å². The molecular weight excluding hydrogens is 423 g/mol. The van der Waals surface area contributed by atoms with Crippen LogP contribution >= 0.6 is 23.1 Å². The Labute approximate surface area is 180 Å². The van der Waals surface area contributed by atoms with Gasteiger partial charge in [-0.05, 0) is 47.2 Å². The number of halogens is 1. The molecule has 2 aromatic heterocycles. The molecule has 0 radical (unpaired) electrons. The third-order valence-electron chi connectivity index (χ3n) is 4.11. The molecule has 0 aliphatic rings. The third kappa shape index (κ3) is 5.08. The fourth-order valence-corrected chi connectivity index (χ4v) is 4.32. The van der Waals surface area contributed by atoms with E-state index in [2.05, 4.69) is 50.9 Å². The number of nitrogens with zero attached hydrogens (tertiary/aromatic N) is 5. The van der Waals surface area contributed by atoms with Gasteiger partial charge in [-0.3, -0.25) is 4.79 Å². The summed E-state index contributed by atoms with van der Waals surface area (Å²) in [5.41, 5.74) is 3.04. The van der Waals surface area contributed by atoms with Crippen molar-refractivity contribution in [2.45, 2.75) is 18.5 Å². The Morgan fingerprint density at radius 3 is 2.87 bits per heavy atom.